The minimum Gasteiger partial charge on any atom is -0.416 e. The molecule has 1 aromatic carbocycles. The van der Waals surface area contributed by atoms with Gasteiger partial charge in [0.15, 0.2) is 0 Å². The number of rotatable bonds is 3. The van der Waals surface area contributed by atoms with Crippen LogP contribution in [0.2, 0.25) is 0 Å². The van der Waals surface area contributed by atoms with Gasteiger partial charge in [-0.3, -0.25) is 9.69 Å². The Hall–Kier alpha value is -2.13. The maximum absolute atomic E-state index is 12.1. The molecule has 2 aliphatic heterocycles. The summed E-state index contributed by atoms with van der Waals surface area (Å²) in [6.07, 6.45) is 0.0471. The third-order valence-corrected chi connectivity index (χ3v) is 4.71. The van der Waals surface area contributed by atoms with E-state index in [1.807, 2.05) is 6.07 Å². The zero-order chi connectivity index (χ0) is 17.6. The van der Waals surface area contributed by atoms with Crippen molar-refractivity contribution < 1.29 is 26.9 Å². The number of carbonyl (C=O) groups excluding carboxylic acids is 2. The maximum atomic E-state index is 12.1. The molecule has 0 saturated carbocycles. The lowest BCUT2D eigenvalue weighted by Crippen LogP contribution is -2.36. The Morgan fingerprint density at radius 2 is 1.96 bits per heavy atom. The molecule has 1 saturated heterocycles. The van der Waals surface area contributed by atoms with Crippen LogP contribution >= 0.6 is 0 Å². The van der Waals surface area contributed by atoms with Crippen molar-refractivity contribution in [1.82, 2.24) is 0 Å². The van der Waals surface area contributed by atoms with E-state index < -0.39 is 28.5 Å². The first-order valence-electron chi connectivity index (χ1n) is 7.45. The molecule has 0 aliphatic carbocycles. The molecule has 8 nitrogen and oxygen atoms in total. The van der Waals surface area contributed by atoms with Crippen LogP contribution in [0.3, 0.4) is 0 Å². The van der Waals surface area contributed by atoms with Crippen LogP contribution in [0.25, 0.3) is 0 Å². The number of cyclic esters (lactones) is 1. The van der Waals surface area contributed by atoms with Gasteiger partial charge in [0.2, 0.25) is 12.2 Å². The molecule has 24 heavy (non-hydrogen) atoms. The van der Waals surface area contributed by atoms with Gasteiger partial charge < -0.3 is 9.64 Å². The minimum atomic E-state index is -3.75. The second-order valence-corrected chi connectivity index (χ2v) is 7.53. The van der Waals surface area contributed by atoms with Crippen LogP contribution in [0.4, 0.5) is 16.2 Å². The number of anilines is 2. The van der Waals surface area contributed by atoms with Gasteiger partial charge in [0.05, 0.1) is 6.26 Å². The van der Waals surface area contributed by atoms with Gasteiger partial charge in [0.25, 0.3) is 10.1 Å². The fourth-order valence-electron chi connectivity index (χ4n) is 2.95. The largest absolute Gasteiger partial charge is 0.417 e. The van der Waals surface area contributed by atoms with Gasteiger partial charge in [0.1, 0.15) is 6.04 Å². The standard InChI is InChI=1S/C15H18N2O6S/c1-9-14(23-24(3,20)21)22-15(19)17(9)11-5-6-12-10(8-11)4-7-13(18)16(12)2/h5-6,8-9,14H,4,7H2,1-3H3/t9?,14-/m1/s1. The Morgan fingerprint density at radius 1 is 1.25 bits per heavy atom. The number of fused-ring (bicyclic) bond motifs is 1. The molecule has 2 amide bonds. The highest BCUT2D eigenvalue weighted by molar-refractivity contribution is 7.86. The third kappa shape index (κ3) is 2.96. The van der Waals surface area contributed by atoms with E-state index in [0.717, 1.165) is 17.5 Å². The molecule has 1 aromatic rings. The summed E-state index contributed by atoms with van der Waals surface area (Å²) < 4.78 is 32.4. The van der Waals surface area contributed by atoms with E-state index in [1.165, 1.54) is 4.90 Å². The van der Waals surface area contributed by atoms with Crippen molar-refractivity contribution in [3.63, 3.8) is 0 Å². The van der Waals surface area contributed by atoms with E-state index in [2.05, 4.69) is 0 Å². The Bertz CT molecular complexity index is 806. The number of aryl methyl sites for hydroxylation is 1. The van der Waals surface area contributed by atoms with Gasteiger partial charge in [0, 0.05) is 24.8 Å². The average molecular weight is 354 g/mol. The van der Waals surface area contributed by atoms with Crippen LogP contribution in [0.15, 0.2) is 18.2 Å². The SMILES string of the molecule is CC1[C@@H](OS(C)(=O)=O)OC(=O)N1c1ccc2c(c1)CCC(=O)N2C. The fourth-order valence-corrected chi connectivity index (χ4v) is 3.49. The summed E-state index contributed by atoms with van der Waals surface area (Å²) in [5.41, 5.74) is 2.33. The summed E-state index contributed by atoms with van der Waals surface area (Å²) in [6.45, 7) is 1.65. The molecule has 9 heteroatoms. The molecule has 0 bridgehead atoms. The highest BCUT2D eigenvalue weighted by Crippen LogP contribution is 2.34. The van der Waals surface area contributed by atoms with Gasteiger partial charge in [-0.25, -0.2) is 8.98 Å². The molecule has 0 N–H and O–H groups in total. The number of nitrogens with zero attached hydrogens (tertiary/aromatic N) is 2. The van der Waals surface area contributed by atoms with Crippen LogP contribution < -0.4 is 9.80 Å². The number of ether oxygens (including phenoxy) is 1. The van der Waals surface area contributed by atoms with Gasteiger partial charge in [-0.2, -0.15) is 8.42 Å². The number of carbonyl (C=O) groups is 2. The average Bonchev–Trinajstić information content (AvgIpc) is 2.75. The molecular weight excluding hydrogens is 336 g/mol. The second kappa shape index (κ2) is 5.75. The lowest BCUT2D eigenvalue weighted by Gasteiger charge is -2.28. The van der Waals surface area contributed by atoms with Crippen LogP contribution in [0, 0.1) is 0 Å². The van der Waals surface area contributed by atoms with Crippen molar-refractivity contribution in [1.29, 1.82) is 0 Å². The van der Waals surface area contributed by atoms with E-state index in [4.69, 9.17) is 8.92 Å². The summed E-state index contributed by atoms with van der Waals surface area (Å²) in [4.78, 5) is 26.8. The van der Waals surface area contributed by atoms with Crippen molar-refractivity contribution in [2.24, 2.45) is 0 Å². The van der Waals surface area contributed by atoms with E-state index >= 15 is 0 Å². The predicted molar refractivity (Wildman–Crippen MR) is 86.3 cm³/mol. The maximum Gasteiger partial charge on any atom is 0.417 e. The highest BCUT2D eigenvalue weighted by Gasteiger charge is 2.42. The Balaban J connectivity index is 1.89. The van der Waals surface area contributed by atoms with E-state index in [0.29, 0.717) is 18.5 Å². The summed E-state index contributed by atoms with van der Waals surface area (Å²) in [7, 11) is -2.03. The quantitative estimate of drug-likeness (QED) is 0.758. The number of hydrogen-bond acceptors (Lipinski definition) is 6. The first kappa shape index (κ1) is 16.7. The van der Waals surface area contributed by atoms with Gasteiger partial charge in [-0.15, -0.1) is 0 Å². The van der Waals surface area contributed by atoms with Gasteiger partial charge in [-0.1, -0.05) is 0 Å². The van der Waals surface area contributed by atoms with Crippen molar-refractivity contribution >= 4 is 33.5 Å². The topological polar surface area (TPSA) is 93.2 Å². The monoisotopic (exact) mass is 354 g/mol. The van der Waals surface area contributed by atoms with Crippen LogP contribution in [-0.2, 0) is 30.3 Å². The Morgan fingerprint density at radius 3 is 2.62 bits per heavy atom. The summed E-state index contributed by atoms with van der Waals surface area (Å²) in [5.74, 6) is 0.0471. The normalized spacial score (nSPS) is 24.1. The number of benzene rings is 1. The lowest BCUT2D eigenvalue weighted by molar-refractivity contribution is -0.118. The molecule has 0 radical (unpaired) electrons. The molecule has 2 atom stereocenters. The summed E-state index contributed by atoms with van der Waals surface area (Å²) in [6, 6.07) is 4.69. The molecule has 0 aromatic heterocycles. The zero-order valence-electron chi connectivity index (χ0n) is 13.6. The van der Waals surface area contributed by atoms with Crippen molar-refractivity contribution in [2.75, 3.05) is 23.1 Å². The molecular formula is C15H18N2O6S. The first-order chi connectivity index (χ1) is 11.2. The lowest BCUT2D eigenvalue weighted by atomic mass is 10.0. The van der Waals surface area contributed by atoms with E-state index in [1.54, 1.807) is 31.0 Å². The summed E-state index contributed by atoms with van der Waals surface area (Å²) >= 11 is 0. The third-order valence-electron chi connectivity index (χ3n) is 4.17. The van der Waals surface area contributed by atoms with Crippen LogP contribution in [-0.4, -0.2) is 46.1 Å². The van der Waals surface area contributed by atoms with Crippen LogP contribution in [0.5, 0.6) is 0 Å². The van der Waals surface area contributed by atoms with Crippen LogP contribution in [0.1, 0.15) is 18.9 Å². The predicted octanol–water partition coefficient (Wildman–Crippen LogP) is 1.24. The molecule has 2 heterocycles. The highest BCUT2D eigenvalue weighted by atomic mass is 32.2. The fraction of sp³-hybridized carbons (Fsp3) is 0.467. The molecule has 130 valence electrons. The smallest absolute Gasteiger partial charge is 0.416 e. The summed E-state index contributed by atoms with van der Waals surface area (Å²) in [5, 5.41) is 0. The molecule has 3 rings (SSSR count). The first-order valence-corrected chi connectivity index (χ1v) is 9.26. The minimum absolute atomic E-state index is 0.0471. The van der Waals surface area contributed by atoms with E-state index in [9.17, 15) is 18.0 Å². The van der Waals surface area contributed by atoms with Crippen molar-refractivity contribution in [3.05, 3.63) is 23.8 Å². The Labute approximate surface area is 140 Å². The molecule has 1 fully saturated rings. The zero-order valence-corrected chi connectivity index (χ0v) is 14.4. The Kier molecular flexibility index (Phi) is 4.00. The van der Waals surface area contributed by atoms with Gasteiger partial charge in [-0.05, 0) is 37.1 Å². The van der Waals surface area contributed by atoms with Gasteiger partial charge >= 0.3 is 6.09 Å². The molecule has 2 aliphatic rings. The van der Waals surface area contributed by atoms with Crippen molar-refractivity contribution in [3.8, 4) is 0 Å². The molecule has 0 spiro atoms. The number of hydrogen-bond donors (Lipinski definition) is 0. The molecule has 1 unspecified atom stereocenters. The second-order valence-electron chi connectivity index (χ2n) is 5.93. The van der Waals surface area contributed by atoms with E-state index in [-0.39, 0.29) is 5.91 Å². The number of amides is 2. The van der Waals surface area contributed by atoms with Crippen molar-refractivity contribution in [2.45, 2.75) is 32.1 Å².